The fourth-order valence-corrected chi connectivity index (χ4v) is 2.54. The highest BCUT2D eigenvalue weighted by Gasteiger charge is 2.12. The number of nitrogens with one attached hydrogen (secondary N) is 2. The van der Waals surface area contributed by atoms with E-state index in [-0.39, 0.29) is 0 Å². The van der Waals surface area contributed by atoms with Gasteiger partial charge in [0.2, 0.25) is 0 Å². The molecule has 0 atom stereocenters. The number of aryl methyl sites for hydroxylation is 1. The number of carbonyl (C=O) groups excluding carboxylic acids is 1. The van der Waals surface area contributed by atoms with Gasteiger partial charge in [-0.3, -0.25) is 0 Å². The predicted octanol–water partition coefficient (Wildman–Crippen LogP) is 4.07. The van der Waals surface area contributed by atoms with Crippen molar-refractivity contribution in [2.45, 2.75) is 6.92 Å². The summed E-state index contributed by atoms with van der Waals surface area (Å²) < 4.78 is 9.99. The molecule has 0 aliphatic carbocycles. The van der Waals surface area contributed by atoms with Gasteiger partial charge in [-0.1, -0.05) is 12.1 Å². The molecule has 0 saturated carbocycles. The molecule has 0 bridgehead atoms. The first-order chi connectivity index (χ1) is 13.1. The van der Waals surface area contributed by atoms with Crippen LogP contribution >= 0.6 is 0 Å². The third kappa shape index (κ3) is 4.52. The molecule has 138 valence electrons. The number of esters is 1. The number of aromatic nitrogens is 2. The number of hydrogen-bond donors (Lipinski definition) is 2. The van der Waals surface area contributed by atoms with Gasteiger partial charge in [-0.25, -0.2) is 14.8 Å². The molecule has 3 rings (SSSR count). The Morgan fingerprint density at radius 2 is 1.59 bits per heavy atom. The van der Waals surface area contributed by atoms with Crippen LogP contribution < -0.4 is 15.4 Å². The van der Waals surface area contributed by atoms with Gasteiger partial charge in [-0.2, -0.15) is 0 Å². The lowest BCUT2D eigenvalue weighted by molar-refractivity contribution is 0.0602. The molecule has 0 saturated heterocycles. The average molecular weight is 364 g/mol. The largest absolute Gasteiger partial charge is 0.497 e. The highest BCUT2D eigenvalue weighted by atomic mass is 16.5. The number of carbonyl (C=O) groups is 1. The summed E-state index contributed by atoms with van der Waals surface area (Å²) in [5, 5.41) is 6.39. The van der Waals surface area contributed by atoms with E-state index in [1.165, 1.54) is 7.11 Å². The molecule has 0 radical (unpaired) electrons. The number of rotatable bonds is 6. The highest BCUT2D eigenvalue weighted by molar-refractivity contribution is 5.96. The second kappa shape index (κ2) is 8.18. The minimum absolute atomic E-state index is 0.416. The van der Waals surface area contributed by atoms with Gasteiger partial charge in [0, 0.05) is 11.8 Å². The van der Waals surface area contributed by atoms with Crippen LogP contribution in [0.25, 0.3) is 0 Å². The molecule has 0 spiro atoms. The van der Waals surface area contributed by atoms with Crippen LogP contribution in [0.5, 0.6) is 5.75 Å². The minimum Gasteiger partial charge on any atom is -0.497 e. The minimum atomic E-state index is -0.416. The van der Waals surface area contributed by atoms with Crippen LogP contribution in [-0.2, 0) is 4.74 Å². The van der Waals surface area contributed by atoms with Gasteiger partial charge in [-0.05, 0) is 43.3 Å². The monoisotopic (exact) mass is 364 g/mol. The number of methoxy groups -OCH3 is 2. The van der Waals surface area contributed by atoms with Gasteiger partial charge in [-0.15, -0.1) is 0 Å². The first-order valence-corrected chi connectivity index (χ1v) is 8.30. The van der Waals surface area contributed by atoms with Crippen molar-refractivity contribution in [3.63, 3.8) is 0 Å². The van der Waals surface area contributed by atoms with Crippen LogP contribution in [0.3, 0.4) is 0 Å². The van der Waals surface area contributed by atoms with E-state index in [0.717, 1.165) is 11.4 Å². The lowest BCUT2D eigenvalue weighted by Crippen LogP contribution is -2.07. The summed E-state index contributed by atoms with van der Waals surface area (Å²) >= 11 is 0. The molecule has 7 heteroatoms. The summed E-state index contributed by atoms with van der Waals surface area (Å²) in [5.41, 5.74) is 1.91. The molecule has 1 aromatic heterocycles. The third-order valence-corrected chi connectivity index (χ3v) is 3.80. The predicted molar refractivity (Wildman–Crippen MR) is 104 cm³/mol. The fraction of sp³-hybridized carbons (Fsp3) is 0.150. The Morgan fingerprint density at radius 1 is 0.926 bits per heavy atom. The van der Waals surface area contributed by atoms with Crippen molar-refractivity contribution in [1.29, 1.82) is 0 Å². The van der Waals surface area contributed by atoms with Crippen LogP contribution in [0.15, 0.2) is 54.6 Å². The van der Waals surface area contributed by atoms with Crippen LogP contribution in [0.2, 0.25) is 0 Å². The number of ether oxygens (including phenoxy) is 2. The zero-order valence-corrected chi connectivity index (χ0v) is 15.3. The van der Waals surface area contributed by atoms with Crippen molar-refractivity contribution in [1.82, 2.24) is 9.97 Å². The normalized spacial score (nSPS) is 10.2. The molecule has 0 aliphatic heterocycles. The molecule has 0 amide bonds. The van der Waals surface area contributed by atoms with E-state index in [0.29, 0.717) is 28.7 Å². The van der Waals surface area contributed by atoms with E-state index in [4.69, 9.17) is 9.47 Å². The van der Waals surface area contributed by atoms with E-state index in [1.807, 2.05) is 30.3 Å². The van der Waals surface area contributed by atoms with E-state index in [9.17, 15) is 4.79 Å². The van der Waals surface area contributed by atoms with Gasteiger partial charge in [0.25, 0.3) is 0 Å². The maximum absolute atomic E-state index is 11.9. The average Bonchev–Trinajstić information content (AvgIpc) is 2.68. The standard InChI is InChI=1S/C20H20N4O3/c1-13-21-18(23-14-8-10-15(26-2)11-9-14)12-19(22-13)24-17-7-5-4-6-16(17)20(25)27-3/h4-12H,1-3H3,(H2,21,22,23,24). The van der Waals surface area contributed by atoms with Gasteiger partial charge < -0.3 is 20.1 Å². The number of hydrogen-bond acceptors (Lipinski definition) is 7. The fourth-order valence-electron chi connectivity index (χ4n) is 2.54. The van der Waals surface area contributed by atoms with E-state index < -0.39 is 5.97 Å². The Labute approximate surface area is 157 Å². The summed E-state index contributed by atoms with van der Waals surface area (Å²) in [6, 6.07) is 16.4. The highest BCUT2D eigenvalue weighted by Crippen LogP contribution is 2.24. The summed E-state index contributed by atoms with van der Waals surface area (Å²) in [4.78, 5) is 20.7. The molecule has 2 N–H and O–H groups in total. The molecule has 3 aromatic rings. The van der Waals surface area contributed by atoms with Crippen molar-refractivity contribution in [2.24, 2.45) is 0 Å². The lowest BCUT2D eigenvalue weighted by atomic mass is 10.2. The molecule has 0 aliphatic rings. The molecule has 0 unspecified atom stereocenters. The van der Waals surface area contributed by atoms with Crippen molar-refractivity contribution in [3.8, 4) is 5.75 Å². The zero-order chi connectivity index (χ0) is 19.2. The number of anilines is 4. The molecule has 7 nitrogen and oxygen atoms in total. The summed E-state index contributed by atoms with van der Waals surface area (Å²) in [6.07, 6.45) is 0. The van der Waals surface area contributed by atoms with Crippen molar-refractivity contribution < 1.29 is 14.3 Å². The van der Waals surface area contributed by atoms with Crippen LogP contribution in [-0.4, -0.2) is 30.2 Å². The molecule has 0 fully saturated rings. The van der Waals surface area contributed by atoms with Gasteiger partial charge in [0.1, 0.15) is 23.2 Å². The van der Waals surface area contributed by atoms with E-state index in [1.54, 1.807) is 38.3 Å². The van der Waals surface area contributed by atoms with Crippen LogP contribution in [0.4, 0.5) is 23.0 Å². The number of nitrogens with zero attached hydrogens (tertiary/aromatic N) is 2. The van der Waals surface area contributed by atoms with Crippen LogP contribution in [0, 0.1) is 6.92 Å². The summed E-state index contributed by atoms with van der Waals surface area (Å²) in [7, 11) is 2.98. The second-order valence-electron chi connectivity index (χ2n) is 5.70. The Balaban J connectivity index is 1.84. The van der Waals surface area contributed by atoms with Gasteiger partial charge in [0.15, 0.2) is 0 Å². The Bertz CT molecular complexity index is 942. The number of para-hydroxylation sites is 1. The smallest absolute Gasteiger partial charge is 0.339 e. The first-order valence-electron chi connectivity index (χ1n) is 8.30. The lowest BCUT2D eigenvalue weighted by Gasteiger charge is -2.12. The van der Waals surface area contributed by atoms with Gasteiger partial charge in [0.05, 0.1) is 25.5 Å². The van der Waals surface area contributed by atoms with E-state index in [2.05, 4.69) is 20.6 Å². The Morgan fingerprint density at radius 3 is 2.26 bits per heavy atom. The zero-order valence-electron chi connectivity index (χ0n) is 15.3. The summed E-state index contributed by atoms with van der Waals surface area (Å²) in [6.45, 7) is 1.80. The second-order valence-corrected chi connectivity index (χ2v) is 5.70. The third-order valence-electron chi connectivity index (χ3n) is 3.80. The Kier molecular flexibility index (Phi) is 5.51. The Hall–Kier alpha value is -3.61. The summed E-state index contributed by atoms with van der Waals surface area (Å²) in [5.74, 6) is 2.15. The maximum Gasteiger partial charge on any atom is 0.339 e. The van der Waals surface area contributed by atoms with E-state index >= 15 is 0 Å². The molecular formula is C20H20N4O3. The molecule has 1 heterocycles. The SMILES string of the molecule is COC(=O)c1ccccc1Nc1cc(Nc2ccc(OC)cc2)nc(C)n1. The molecular weight excluding hydrogens is 344 g/mol. The molecule has 27 heavy (non-hydrogen) atoms. The van der Waals surface area contributed by atoms with Crippen LogP contribution in [0.1, 0.15) is 16.2 Å². The first kappa shape index (κ1) is 18.2. The molecule has 2 aromatic carbocycles. The quantitative estimate of drug-likeness (QED) is 0.638. The van der Waals surface area contributed by atoms with Crippen molar-refractivity contribution in [3.05, 3.63) is 66.0 Å². The maximum atomic E-state index is 11.9. The van der Waals surface area contributed by atoms with Gasteiger partial charge >= 0.3 is 5.97 Å². The van der Waals surface area contributed by atoms with Crippen molar-refractivity contribution in [2.75, 3.05) is 24.9 Å². The number of benzene rings is 2. The topological polar surface area (TPSA) is 85.4 Å². The van der Waals surface area contributed by atoms with Crippen molar-refractivity contribution >= 4 is 29.0 Å².